The molecule has 1 N–H and O–H groups in total. The van der Waals surface area contributed by atoms with Crippen molar-refractivity contribution >= 4 is 17.1 Å². The molecule has 0 spiro atoms. The van der Waals surface area contributed by atoms with Crippen LogP contribution in [0, 0.1) is 11.3 Å². The maximum absolute atomic E-state index is 12.7. The fraction of sp³-hybridized carbons (Fsp3) is 0.375. The van der Waals surface area contributed by atoms with Crippen molar-refractivity contribution < 1.29 is 9.53 Å². The number of cyclic esters (lactones) is 1. The van der Waals surface area contributed by atoms with Gasteiger partial charge in [-0.3, -0.25) is 4.57 Å². The highest BCUT2D eigenvalue weighted by atomic mass is 16.6. The number of nitrogens with one attached hydrogen (secondary N) is 1. The maximum atomic E-state index is 12.7. The van der Waals surface area contributed by atoms with Crippen LogP contribution in [0.15, 0.2) is 53.3 Å². The molecule has 0 bridgehead atoms. The molecule has 31 heavy (non-hydrogen) atoms. The number of fused-ring (bicyclic) bond motifs is 1. The topological polar surface area (TPSA) is 91.1 Å². The van der Waals surface area contributed by atoms with Gasteiger partial charge in [-0.1, -0.05) is 30.3 Å². The average Bonchev–Trinajstić information content (AvgIpc) is 3.29. The van der Waals surface area contributed by atoms with E-state index in [4.69, 9.17) is 10.00 Å². The van der Waals surface area contributed by atoms with Crippen molar-refractivity contribution in [2.24, 2.45) is 0 Å². The summed E-state index contributed by atoms with van der Waals surface area (Å²) in [6, 6.07) is 17.4. The minimum absolute atomic E-state index is 0.0737. The van der Waals surface area contributed by atoms with Gasteiger partial charge in [-0.05, 0) is 56.4 Å². The quantitative estimate of drug-likeness (QED) is 0.697. The Labute approximate surface area is 179 Å². The van der Waals surface area contributed by atoms with E-state index in [-0.39, 0.29) is 23.9 Å². The average molecular weight is 416 g/mol. The number of hydrogen-bond acceptors (Lipinski definition) is 4. The minimum atomic E-state index is -0.637. The lowest BCUT2D eigenvalue weighted by molar-refractivity contribution is 0.0696. The SMILES string of the molecule is C[C@@]1(c2ccccc2)CN([C@H]2CC[C@H](n3c(=O)[nH]c4cc(C#N)ccc43)CC2)C(=O)O1. The van der Waals surface area contributed by atoms with E-state index in [1.54, 1.807) is 12.1 Å². The molecule has 3 aromatic rings. The summed E-state index contributed by atoms with van der Waals surface area (Å²) in [6.07, 6.45) is 3.00. The van der Waals surface area contributed by atoms with Crippen molar-refractivity contribution in [1.29, 1.82) is 5.26 Å². The normalized spacial score (nSPS) is 26.1. The molecule has 1 saturated heterocycles. The van der Waals surface area contributed by atoms with Crippen LogP contribution in [-0.2, 0) is 10.3 Å². The van der Waals surface area contributed by atoms with Crippen LogP contribution in [0.2, 0.25) is 0 Å². The first-order chi connectivity index (χ1) is 15.0. The van der Waals surface area contributed by atoms with Gasteiger partial charge >= 0.3 is 11.8 Å². The molecular weight excluding hydrogens is 392 g/mol. The first kappa shape index (κ1) is 19.4. The molecule has 5 rings (SSSR count). The number of aromatic amines is 1. The summed E-state index contributed by atoms with van der Waals surface area (Å²) in [7, 11) is 0. The number of aromatic nitrogens is 2. The monoisotopic (exact) mass is 416 g/mol. The largest absolute Gasteiger partial charge is 0.436 e. The maximum Gasteiger partial charge on any atom is 0.411 e. The molecule has 0 unspecified atom stereocenters. The lowest BCUT2D eigenvalue weighted by atomic mass is 9.89. The Morgan fingerprint density at radius 1 is 1.06 bits per heavy atom. The fourth-order valence-corrected chi connectivity index (χ4v) is 5.08. The third kappa shape index (κ3) is 3.28. The van der Waals surface area contributed by atoms with E-state index in [9.17, 15) is 9.59 Å². The predicted molar refractivity (Wildman–Crippen MR) is 116 cm³/mol. The van der Waals surface area contributed by atoms with Crippen LogP contribution >= 0.6 is 0 Å². The van der Waals surface area contributed by atoms with Crippen molar-refractivity contribution in [2.45, 2.75) is 50.3 Å². The highest BCUT2D eigenvalue weighted by Gasteiger charge is 2.46. The molecule has 2 aromatic carbocycles. The van der Waals surface area contributed by atoms with Gasteiger partial charge < -0.3 is 14.6 Å². The lowest BCUT2D eigenvalue weighted by Gasteiger charge is -2.34. The van der Waals surface area contributed by atoms with Crippen LogP contribution < -0.4 is 5.69 Å². The zero-order chi connectivity index (χ0) is 21.6. The molecule has 1 atom stereocenters. The van der Waals surface area contributed by atoms with E-state index in [0.717, 1.165) is 36.8 Å². The molecule has 2 fully saturated rings. The Morgan fingerprint density at radius 3 is 2.48 bits per heavy atom. The van der Waals surface area contributed by atoms with Crippen LogP contribution in [0.5, 0.6) is 0 Å². The van der Waals surface area contributed by atoms with Gasteiger partial charge in [0.05, 0.1) is 29.2 Å². The summed E-state index contributed by atoms with van der Waals surface area (Å²) in [5.41, 5.74) is 2.25. The van der Waals surface area contributed by atoms with Gasteiger partial charge in [-0.15, -0.1) is 0 Å². The van der Waals surface area contributed by atoms with E-state index in [1.165, 1.54) is 0 Å². The number of rotatable bonds is 3. The Kier molecular flexibility index (Phi) is 4.58. The number of benzene rings is 2. The van der Waals surface area contributed by atoms with Gasteiger partial charge in [-0.25, -0.2) is 9.59 Å². The lowest BCUT2D eigenvalue weighted by Crippen LogP contribution is -2.41. The summed E-state index contributed by atoms with van der Waals surface area (Å²) < 4.78 is 7.61. The van der Waals surface area contributed by atoms with Gasteiger partial charge in [0.25, 0.3) is 0 Å². The van der Waals surface area contributed by atoms with Crippen molar-refractivity contribution in [2.75, 3.05) is 6.54 Å². The number of hydrogen-bond donors (Lipinski definition) is 1. The van der Waals surface area contributed by atoms with Gasteiger partial charge in [0.2, 0.25) is 0 Å². The third-order valence-corrected chi connectivity index (χ3v) is 6.72. The molecular formula is C24H24N4O3. The zero-order valence-corrected chi connectivity index (χ0v) is 17.4. The van der Waals surface area contributed by atoms with Crippen molar-refractivity contribution in [3.63, 3.8) is 0 Å². The van der Waals surface area contributed by atoms with Crippen molar-refractivity contribution in [1.82, 2.24) is 14.5 Å². The van der Waals surface area contributed by atoms with Crippen LogP contribution in [0.3, 0.4) is 0 Å². The second-order valence-corrected chi connectivity index (χ2v) is 8.70. The predicted octanol–water partition coefficient (Wildman–Crippen LogP) is 4.05. The number of nitrogens with zero attached hydrogens (tertiary/aromatic N) is 3. The van der Waals surface area contributed by atoms with Crippen LogP contribution in [0.1, 0.15) is 49.8 Å². The standard InChI is InChI=1S/C24H24N4O3/c1-24(17-5-3-2-4-6-17)15-27(23(30)31-24)18-8-10-19(11-9-18)28-21-12-7-16(14-25)13-20(21)26-22(28)29/h2-7,12-13,18-19H,8-11,15H2,1H3,(H,26,29)/t18-,19-,24-/m0/s1. The summed E-state index contributed by atoms with van der Waals surface area (Å²) in [4.78, 5) is 30.0. The van der Waals surface area contributed by atoms with Gasteiger partial charge in [0.15, 0.2) is 5.60 Å². The summed E-state index contributed by atoms with van der Waals surface area (Å²) in [6.45, 7) is 2.50. The summed E-state index contributed by atoms with van der Waals surface area (Å²) >= 11 is 0. The third-order valence-electron chi connectivity index (χ3n) is 6.72. The molecule has 2 heterocycles. The first-order valence-electron chi connectivity index (χ1n) is 10.7. The smallest absolute Gasteiger partial charge is 0.411 e. The van der Waals surface area contributed by atoms with Crippen molar-refractivity contribution in [3.05, 3.63) is 70.1 Å². The molecule has 1 aliphatic carbocycles. The molecule has 7 heteroatoms. The zero-order valence-electron chi connectivity index (χ0n) is 17.4. The molecule has 2 aliphatic rings. The van der Waals surface area contributed by atoms with Gasteiger partial charge in [0.1, 0.15) is 0 Å². The molecule has 1 aromatic heterocycles. The van der Waals surface area contributed by atoms with Crippen LogP contribution in [0.4, 0.5) is 4.79 Å². The second-order valence-electron chi connectivity index (χ2n) is 8.70. The Morgan fingerprint density at radius 2 is 1.77 bits per heavy atom. The number of carbonyl (C=O) groups is 1. The number of nitriles is 1. The summed E-state index contributed by atoms with van der Waals surface area (Å²) in [5, 5.41) is 9.09. The van der Waals surface area contributed by atoms with E-state index >= 15 is 0 Å². The van der Waals surface area contributed by atoms with E-state index in [1.807, 2.05) is 52.8 Å². The summed E-state index contributed by atoms with van der Waals surface area (Å²) in [5.74, 6) is 0. The number of imidazole rings is 1. The van der Waals surface area contributed by atoms with Crippen molar-refractivity contribution in [3.8, 4) is 6.07 Å². The van der Waals surface area contributed by atoms with Crippen LogP contribution in [0.25, 0.3) is 11.0 Å². The molecule has 0 radical (unpaired) electrons. The number of H-pyrrole nitrogens is 1. The molecule has 7 nitrogen and oxygen atoms in total. The fourth-order valence-electron chi connectivity index (χ4n) is 5.08. The van der Waals surface area contributed by atoms with Gasteiger partial charge in [-0.2, -0.15) is 5.26 Å². The Bertz CT molecular complexity index is 1230. The molecule has 1 aliphatic heterocycles. The molecule has 158 valence electrons. The van der Waals surface area contributed by atoms with E-state index in [0.29, 0.717) is 17.6 Å². The molecule has 1 amide bonds. The van der Waals surface area contributed by atoms with Crippen LogP contribution in [-0.4, -0.2) is 33.1 Å². The highest BCUT2D eigenvalue weighted by Crippen LogP contribution is 2.38. The molecule has 1 saturated carbocycles. The first-order valence-corrected chi connectivity index (χ1v) is 10.7. The van der Waals surface area contributed by atoms with Gasteiger partial charge in [0, 0.05) is 12.1 Å². The number of ether oxygens (including phenoxy) is 1. The van der Waals surface area contributed by atoms with E-state index in [2.05, 4.69) is 11.1 Å². The highest BCUT2D eigenvalue weighted by molar-refractivity contribution is 5.77. The second kappa shape index (κ2) is 7.31. The van der Waals surface area contributed by atoms with E-state index < -0.39 is 5.60 Å². The number of amides is 1. The Balaban J connectivity index is 1.32. The Hall–Kier alpha value is -3.53. The minimum Gasteiger partial charge on any atom is -0.436 e. The number of carbonyl (C=O) groups excluding carboxylic acids is 1.